The molecule has 1 saturated heterocycles. The van der Waals surface area contributed by atoms with Crippen LogP contribution in [0.15, 0.2) is 29.3 Å². The summed E-state index contributed by atoms with van der Waals surface area (Å²) in [5, 5.41) is 12.5. The third kappa shape index (κ3) is 5.31. The molecule has 3 atom stereocenters. The zero-order valence-electron chi connectivity index (χ0n) is 18.6. The monoisotopic (exact) mass is 429 g/mol. The van der Waals surface area contributed by atoms with Crippen LogP contribution in [-0.2, 0) is 9.59 Å². The molecule has 168 valence electrons. The number of anilines is 1. The van der Waals surface area contributed by atoms with E-state index in [4.69, 9.17) is 4.74 Å². The minimum atomic E-state index is -1.19. The molecule has 8 nitrogen and oxygen atoms in total. The van der Waals surface area contributed by atoms with Crippen LogP contribution in [0.3, 0.4) is 0 Å². The molecule has 1 aliphatic heterocycles. The number of imide groups is 2. The van der Waals surface area contributed by atoms with Crippen molar-refractivity contribution in [3.05, 3.63) is 24.3 Å². The highest BCUT2D eigenvalue weighted by Crippen LogP contribution is 2.46. The molecule has 2 N–H and O–H groups in total. The lowest BCUT2D eigenvalue weighted by Gasteiger charge is -2.44. The maximum Gasteiger partial charge on any atom is 0.335 e. The highest BCUT2D eigenvalue weighted by atomic mass is 16.5. The van der Waals surface area contributed by atoms with Crippen molar-refractivity contribution in [3.63, 3.8) is 0 Å². The van der Waals surface area contributed by atoms with Crippen molar-refractivity contribution in [2.24, 2.45) is 21.7 Å². The number of amides is 4. The predicted octanol–water partition coefficient (Wildman–Crippen LogP) is 2.93. The average Bonchev–Trinajstić information content (AvgIpc) is 2.64. The van der Waals surface area contributed by atoms with Crippen LogP contribution >= 0.6 is 0 Å². The average molecular weight is 430 g/mol. The quantitative estimate of drug-likeness (QED) is 0.534. The summed E-state index contributed by atoms with van der Waals surface area (Å²) in [6.45, 7) is 9.06. The number of nitrogens with zero attached hydrogens (tertiary/aromatic N) is 2. The second-order valence-electron chi connectivity index (χ2n) is 9.58. The first kappa shape index (κ1) is 22.9. The molecule has 1 saturated carbocycles. The summed E-state index contributed by atoms with van der Waals surface area (Å²) in [4.78, 5) is 42.9. The summed E-state index contributed by atoms with van der Waals surface area (Å²) < 4.78 is 5.39. The molecule has 4 amide bonds. The highest BCUT2D eigenvalue weighted by Gasteiger charge is 2.42. The van der Waals surface area contributed by atoms with Gasteiger partial charge in [0.2, 0.25) is 5.91 Å². The number of aliphatic hydroxyl groups is 1. The molecule has 8 heteroatoms. The Hall–Kier alpha value is -2.74. The second kappa shape index (κ2) is 8.78. The van der Waals surface area contributed by atoms with Crippen molar-refractivity contribution in [2.75, 3.05) is 18.1 Å². The first-order chi connectivity index (χ1) is 14.5. The van der Waals surface area contributed by atoms with Crippen molar-refractivity contribution < 1.29 is 24.2 Å². The minimum absolute atomic E-state index is 0.00313. The van der Waals surface area contributed by atoms with Crippen LogP contribution < -0.4 is 15.0 Å². The van der Waals surface area contributed by atoms with Gasteiger partial charge in [-0.2, -0.15) is 0 Å². The standard InChI is InChI=1S/C23H31N3O5/c1-5-31-17-8-6-15(7-9-17)26-20(29)18(19(28)25-21(26)30)12-24-14-23(4)11-16(27)10-22(2,3)13-23/h6-9,12,16,18,27H,5,10-11,13-14H2,1-4H3,(H,25,28,30)/t16-,18-,23+/m0/s1. The lowest BCUT2D eigenvalue weighted by atomic mass is 9.63. The van der Waals surface area contributed by atoms with Gasteiger partial charge in [0.05, 0.1) is 18.4 Å². The van der Waals surface area contributed by atoms with Gasteiger partial charge in [-0.15, -0.1) is 0 Å². The van der Waals surface area contributed by atoms with Gasteiger partial charge in [-0.1, -0.05) is 20.8 Å². The largest absolute Gasteiger partial charge is 0.494 e. The van der Waals surface area contributed by atoms with Crippen LogP contribution in [0.4, 0.5) is 10.5 Å². The van der Waals surface area contributed by atoms with Crippen molar-refractivity contribution >= 4 is 29.7 Å². The van der Waals surface area contributed by atoms with Gasteiger partial charge in [0, 0.05) is 12.8 Å². The molecular weight excluding hydrogens is 398 g/mol. The molecular formula is C23H31N3O5. The molecule has 3 rings (SSSR count). The van der Waals surface area contributed by atoms with Crippen LogP contribution in [0.25, 0.3) is 0 Å². The summed E-state index contributed by atoms with van der Waals surface area (Å²) in [6.07, 6.45) is 3.18. The third-order valence-electron chi connectivity index (χ3n) is 5.76. The first-order valence-corrected chi connectivity index (χ1v) is 10.6. The molecule has 1 aliphatic carbocycles. The van der Waals surface area contributed by atoms with Gasteiger partial charge < -0.3 is 9.84 Å². The second-order valence-corrected chi connectivity index (χ2v) is 9.58. The Balaban J connectivity index is 1.74. The van der Waals surface area contributed by atoms with Crippen molar-refractivity contribution in [3.8, 4) is 5.75 Å². The van der Waals surface area contributed by atoms with E-state index in [0.29, 0.717) is 31.0 Å². The van der Waals surface area contributed by atoms with E-state index in [-0.39, 0.29) is 10.8 Å². The fraction of sp³-hybridized carbons (Fsp3) is 0.565. The fourth-order valence-electron chi connectivity index (χ4n) is 4.90. The van der Waals surface area contributed by atoms with Crippen LogP contribution in [0.2, 0.25) is 0 Å². The molecule has 1 aromatic carbocycles. The minimum Gasteiger partial charge on any atom is -0.494 e. The summed E-state index contributed by atoms with van der Waals surface area (Å²) in [6, 6.07) is 5.73. The number of barbiturate groups is 1. The normalized spacial score (nSPS) is 28.7. The number of aliphatic hydroxyl groups excluding tert-OH is 1. The van der Waals surface area contributed by atoms with Gasteiger partial charge >= 0.3 is 6.03 Å². The molecule has 0 spiro atoms. The maximum absolute atomic E-state index is 13.0. The fourth-order valence-corrected chi connectivity index (χ4v) is 4.90. The number of carbonyl (C=O) groups is 3. The maximum atomic E-state index is 13.0. The summed E-state index contributed by atoms with van der Waals surface area (Å²) in [5.74, 6) is -1.89. The zero-order valence-corrected chi connectivity index (χ0v) is 18.6. The lowest BCUT2D eigenvalue weighted by molar-refractivity contribution is -0.131. The van der Waals surface area contributed by atoms with Crippen LogP contribution in [0.1, 0.15) is 47.0 Å². The number of hydrogen-bond donors (Lipinski definition) is 2. The Kier molecular flexibility index (Phi) is 6.50. The molecule has 2 aliphatic rings. The van der Waals surface area contributed by atoms with Gasteiger partial charge in [0.15, 0.2) is 5.92 Å². The van der Waals surface area contributed by atoms with E-state index in [9.17, 15) is 19.5 Å². The first-order valence-electron chi connectivity index (χ1n) is 10.6. The number of urea groups is 1. The van der Waals surface area contributed by atoms with E-state index in [1.54, 1.807) is 24.3 Å². The van der Waals surface area contributed by atoms with Crippen LogP contribution in [0, 0.1) is 16.7 Å². The summed E-state index contributed by atoms with van der Waals surface area (Å²) >= 11 is 0. The van der Waals surface area contributed by atoms with E-state index in [1.807, 2.05) is 6.92 Å². The van der Waals surface area contributed by atoms with Crippen LogP contribution in [-0.4, -0.2) is 48.4 Å². The van der Waals surface area contributed by atoms with Crippen molar-refractivity contribution in [1.29, 1.82) is 0 Å². The number of nitrogens with one attached hydrogen (secondary N) is 1. The topological polar surface area (TPSA) is 108 Å². The molecule has 1 heterocycles. The van der Waals surface area contributed by atoms with Gasteiger partial charge in [0.1, 0.15) is 5.75 Å². The van der Waals surface area contributed by atoms with Gasteiger partial charge in [-0.3, -0.25) is 19.9 Å². The smallest absolute Gasteiger partial charge is 0.335 e. The summed E-state index contributed by atoms with van der Waals surface area (Å²) in [7, 11) is 0. The van der Waals surface area contributed by atoms with Gasteiger partial charge in [0.25, 0.3) is 5.91 Å². The Morgan fingerprint density at radius 1 is 1.19 bits per heavy atom. The molecule has 0 radical (unpaired) electrons. The molecule has 1 aromatic rings. The summed E-state index contributed by atoms with van der Waals surface area (Å²) in [5.41, 5.74) is 0.119. The number of ether oxygens (including phenoxy) is 1. The Bertz CT molecular complexity index is 880. The number of hydrogen-bond acceptors (Lipinski definition) is 6. The molecule has 2 fully saturated rings. The van der Waals surface area contributed by atoms with Gasteiger partial charge in [-0.05, 0) is 61.3 Å². The molecule has 0 unspecified atom stereocenters. The van der Waals surface area contributed by atoms with Crippen molar-refractivity contribution in [2.45, 2.75) is 53.1 Å². The predicted molar refractivity (Wildman–Crippen MR) is 117 cm³/mol. The van der Waals surface area contributed by atoms with E-state index in [0.717, 1.165) is 17.7 Å². The lowest BCUT2D eigenvalue weighted by Crippen LogP contribution is -2.58. The third-order valence-corrected chi connectivity index (χ3v) is 5.76. The highest BCUT2D eigenvalue weighted by molar-refractivity contribution is 6.32. The van der Waals surface area contributed by atoms with E-state index < -0.39 is 29.9 Å². The van der Waals surface area contributed by atoms with Crippen LogP contribution in [0.5, 0.6) is 5.75 Å². The number of aliphatic imine (C=N–C) groups is 1. The Morgan fingerprint density at radius 2 is 1.87 bits per heavy atom. The molecule has 0 bridgehead atoms. The molecule has 31 heavy (non-hydrogen) atoms. The molecule has 0 aromatic heterocycles. The van der Waals surface area contributed by atoms with E-state index >= 15 is 0 Å². The zero-order chi connectivity index (χ0) is 22.8. The van der Waals surface area contributed by atoms with E-state index in [2.05, 4.69) is 31.1 Å². The number of rotatable bonds is 6. The van der Waals surface area contributed by atoms with E-state index in [1.165, 1.54) is 6.21 Å². The van der Waals surface area contributed by atoms with Gasteiger partial charge in [-0.25, -0.2) is 9.69 Å². The Labute approximate surface area is 182 Å². The SMILES string of the molecule is CCOc1ccc(N2C(=O)NC(=O)[C@H](C=NC[C@]3(C)C[C@@H](O)CC(C)(C)C3)C2=O)cc1. The number of benzene rings is 1. The number of carbonyl (C=O) groups excluding carboxylic acids is 3. The van der Waals surface area contributed by atoms with Crippen molar-refractivity contribution in [1.82, 2.24) is 5.32 Å². The Morgan fingerprint density at radius 3 is 2.48 bits per heavy atom.